The third-order valence-electron chi connectivity index (χ3n) is 4.03. The van der Waals surface area contributed by atoms with Gasteiger partial charge in [0, 0.05) is 37.1 Å². The zero-order chi connectivity index (χ0) is 18.0. The first kappa shape index (κ1) is 18.8. The summed E-state index contributed by atoms with van der Waals surface area (Å²) in [6, 6.07) is 4.79. The van der Waals surface area contributed by atoms with Crippen LogP contribution in [0, 0.1) is 0 Å². The molecule has 0 saturated carbocycles. The van der Waals surface area contributed by atoms with Crippen molar-refractivity contribution in [3.05, 3.63) is 39.4 Å². The van der Waals surface area contributed by atoms with E-state index in [1.165, 1.54) is 10.4 Å². The lowest BCUT2D eigenvalue weighted by atomic mass is 10.3. The molecule has 1 aliphatic rings. The van der Waals surface area contributed by atoms with Gasteiger partial charge in [-0.15, -0.1) is 0 Å². The van der Waals surface area contributed by atoms with Crippen LogP contribution in [-0.4, -0.2) is 53.9 Å². The van der Waals surface area contributed by atoms with Crippen LogP contribution < -0.4 is 0 Å². The molecular formula is C15H18BrClN4O3S. The molecule has 7 nitrogen and oxygen atoms in total. The van der Waals surface area contributed by atoms with Crippen LogP contribution in [0.1, 0.15) is 18.6 Å². The first-order valence-electron chi connectivity index (χ1n) is 7.89. The van der Waals surface area contributed by atoms with Crippen molar-refractivity contribution in [1.82, 2.24) is 19.3 Å². The van der Waals surface area contributed by atoms with Crippen LogP contribution in [0.15, 0.2) is 32.1 Å². The minimum atomic E-state index is -3.60. The number of sulfonamides is 1. The maximum atomic E-state index is 12.8. The summed E-state index contributed by atoms with van der Waals surface area (Å²) in [4.78, 5) is 6.52. The number of aryl methyl sites for hydroxylation is 1. The summed E-state index contributed by atoms with van der Waals surface area (Å²) in [6.45, 7) is 4.47. The Bertz CT molecular complexity index is 850. The van der Waals surface area contributed by atoms with Gasteiger partial charge in [0.2, 0.25) is 15.9 Å². The maximum absolute atomic E-state index is 12.8. The average Bonchev–Trinajstić information content (AvgIpc) is 3.02. The van der Waals surface area contributed by atoms with Crippen LogP contribution in [0.2, 0.25) is 5.02 Å². The Morgan fingerprint density at radius 3 is 2.60 bits per heavy atom. The molecule has 0 spiro atoms. The van der Waals surface area contributed by atoms with Gasteiger partial charge < -0.3 is 4.52 Å². The second-order valence-corrected chi connectivity index (χ2v) is 8.94. The monoisotopic (exact) mass is 448 g/mol. The van der Waals surface area contributed by atoms with Gasteiger partial charge in [0.15, 0.2) is 5.82 Å². The molecule has 0 bridgehead atoms. The molecule has 0 amide bonds. The van der Waals surface area contributed by atoms with E-state index in [2.05, 4.69) is 31.0 Å². The summed E-state index contributed by atoms with van der Waals surface area (Å²) in [6.07, 6.45) is 0.726. The summed E-state index contributed by atoms with van der Waals surface area (Å²) >= 11 is 9.40. The first-order chi connectivity index (χ1) is 11.9. The summed E-state index contributed by atoms with van der Waals surface area (Å²) in [5, 5.41) is 4.09. The lowest BCUT2D eigenvalue weighted by Crippen LogP contribution is -2.48. The highest BCUT2D eigenvalue weighted by atomic mass is 79.9. The molecule has 2 aromatic rings. The van der Waals surface area contributed by atoms with E-state index in [4.69, 9.17) is 16.1 Å². The van der Waals surface area contributed by atoms with Crippen molar-refractivity contribution < 1.29 is 12.9 Å². The van der Waals surface area contributed by atoms with Crippen LogP contribution in [0.5, 0.6) is 0 Å². The predicted molar refractivity (Wildman–Crippen MR) is 96.9 cm³/mol. The molecule has 10 heteroatoms. The fourth-order valence-corrected chi connectivity index (χ4v) is 5.07. The molecule has 1 aliphatic heterocycles. The molecule has 2 heterocycles. The van der Waals surface area contributed by atoms with E-state index in [1.54, 1.807) is 12.1 Å². The van der Waals surface area contributed by atoms with Crippen molar-refractivity contribution in [2.24, 2.45) is 0 Å². The second-order valence-electron chi connectivity index (χ2n) is 5.71. The van der Waals surface area contributed by atoms with Gasteiger partial charge in [-0.25, -0.2) is 8.42 Å². The van der Waals surface area contributed by atoms with E-state index in [0.717, 1.165) is 10.9 Å². The number of halogens is 2. The molecule has 1 saturated heterocycles. The Labute approximate surface area is 160 Å². The Hall–Kier alpha value is -1.00. The maximum Gasteiger partial charge on any atom is 0.244 e. The Kier molecular flexibility index (Phi) is 5.79. The van der Waals surface area contributed by atoms with E-state index in [1.807, 2.05) is 6.92 Å². The molecular weight excluding hydrogens is 432 g/mol. The molecule has 1 aromatic heterocycles. The third-order valence-corrected chi connectivity index (χ3v) is 6.90. The van der Waals surface area contributed by atoms with E-state index in [0.29, 0.717) is 44.4 Å². The lowest BCUT2D eigenvalue weighted by molar-refractivity contribution is 0.163. The van der Waals surface area contributed by atoms with Crippen LogP contribution in [0.3, 0.4) is 0 Å². The molecule has 0 radical (unpaired) electrons. The quantitative estimate of drug-likeness (QED) is 0.698. The number of hydrogen-bond acceptors (Lipinski definition) is 6. The van der Waals surface area contributed by atoms with Gasteiger partial charge in [-0.3, -0.25) is 4.90 Å². The van der Waals surface area contributed by atoms with Gasteiger partial charge >= 0.3 is 0 Å². The molecule has 136 valence electrons. The molecule has 25 heavy (non-hydrogen) atoms. The van der Waals surface area contributed by atoms with Crippen LogP contribution in [0.25, 0.3) is 0 Å². The van der Waals surface area contributed by atoms with Gasteiger partial charge in [0.05, 0.1) is 11.6 Å². The zero-order valence-electron chi connectivity index (χ0n) is 13.7. The van der Waals surface area contributed by atoms with Crippen LogP contribution in [-0.2, 0) is 23.0 Å². The highest BCUT2D eigenvalue weighted by Crippen LogP contribution is 2.28. The fraction of sp³-hybridized carbons (Fsp3) is 0.467. The first-order valence-corrected chi connectivity index (χ1v) is 10.5. The van der Waals surface area contributed by atoms with Gasteiger partial charge in [-0.1, -0.05) is 39.6 Å². The summed E-state index contributed by atoms with van der Waals surface area (Å²) < 4.78 is 33.0. The fourth-order valence-electron chi connectivity index (χ4n) is 2.64. The van der Waals surface area contributed by atoms with Crippen molar-refractivity contribution >= 4 is 37.6 Å². The molecule has 1 fully saturated rings. The Balaban J connectivity index is 1.64. The van der Waals surface area contributed by atoms with E-state index >= 15 is 0 Å². The largest absolute Gasteiger partial charge is 0.338 e. The van der Waals surface area contributed by atoms with Crippen LogP contribution >= 0.6 is 27.5 Å². The second kappa shape index (κ2) is 7.71. The highest BCUT2D eigenvalue weighted by molar-refractivity contribution is 9.10. The smallest absolute Gasteiger partial charge is 0.244 e. The summed E-state index contributed by atoms with van der Waals surface area (Å²) in [7, 11) is -3.60. The molecule has 0 N–H and O–H groups in total. The minimum Gasteiger partial charge on any atom is -0.338 e. The summed E-state index contributed by atoms with van der Waals surface area (Å²) in [5.41, 5.74) is 0. The van der Waals surface area contributed by atoms with Crippen molar-refractivity contribution in [1.29, 1.82) is 0 Å². The van der Waals surface area contributed by atoms with Crippen molar-refractivity contribution in [3.8, 4) is 0 Å². The molecule has 0 atom stereocenters. The molecule has 1 aromatic carbocycles. The standard InChI is InChI=1S/C15H18BrClN4O3S/c1-2-14-18-15(24-19-14)10-20-5-7-21(8-6-20)25(22,23)13-4-3-11(16)9-12(13)17/h3-4,9H,2,5-8,10H2,1H3. The lowest BCUT2D eigenvalue weighted by Gasteiger charge is -2.33. The molecule has 3 rings (SSSR count). The Morgan fingerprint density at radius 2 is 2.00 bits per heavy atom. The SMILES string of the molecule is CCc1noc(CN2CCN(S(=O)(=O)c3ccc(Br)cc3Cl)CC2)n1. The number of benzene rings is 1. The van der Waals surface area contributed by atoms with E-state index < -0.39 is 10.0 Å². The average molecular weight is 450 g/mol. The van der Waals surface area contributed by atoms with E-state index in [9.17, 15) is 8.42 Å². The number of piperazine rings is 1. The topological polar surface area (TPSA) is 79.5 Å². The predicted octanol–water partition coefficient (Wildman–Crippen LogP) is 2.55. The van der Waals surface area contributed by atoms with Gasteiger partial charge in [-0.2, -0.15) is 9.29 Å². The minimum absolute atomic E-state index is 0.135. The third kappa shape index (κ3) is 4.22. The molecule has 0 aliphatic carbocycles. The van der Waals surface area contributed by atoms with Gasteiger partial charge in [0.25, 0.3) is 0 Å². The molecule has 0 unspecified atom stereocenters. The zero-order valence-corrected chi connectivity index (χ0v) is 16.8. The number of hydrogen-bond donors (Lipinski definition) is 0. The summed E-state index contributed by atoms with van der Waals surface area (Å²) in [5.74, 6) is 1.24. The van der Waals surface area contributed by atoms with Crippen molar-refractivity contribution in [3.63, 3.8) is 0 Å². The van der Waals surface area contributed by atoms with Crippen LogP contribution in [0.4, 0.5) is 0 Å². The highest BCUT2D eigenvalue weighted by Gasteiger charge is 2.30. The Morgan fingerprint density at radius 1 is 1.28 bits per heavy atom. The number of aromatic nitrogens is 2. The van der Waals surface area contributed by atoms with Crippen molar-refractivity contribution in [2.75, 3.05) is 26.2 Å². The number of nitrogens with zero attached hydrogens (tertiary/aromatic N) is 4. The van der Waals surface area contributed by atoms with Gasteiger partial charge in [0.1, 0.15) is 4.90 Å². The van der Waals surface area contributed by atoms with Gasteiger partial charge in [-0.05, 0) is 18.2 Å². The van der Waals surface area contributed by atoms with Crippen molar-refractivity contribution in [2.45, 2.75) is 24.8 Å². The normalized spacial score (nSPS) is 17.1. The van der Waals surface area contributed by atoms with E-state index in [-0.39, 0.29) is 9.92 Å². The number of rotatable bonds is 5.